The fourth-order valence-electron chi connectivity index (χ4n) is 6.64. The average molecular weight is 487 g/mol. The van der Waals surface area contributed by atoms with E-state index < -0.39 is 6.29 Å². The summed E-state index contributed by atoms with van der Waals surface area (Å²) in [5.41, 5.74) is 0. The van der Waals surface area contributed by atoms with E-state index in [1.807, 2.05) is 6.92 Å². The minimum Gasteiger partial charge on any atom is -0.462 e. The van der Waals surface area contributed by atoms with Crippen molar-refractivity contribution in [2.75, 3.05) is 0 Å². The molecular formula is C26H46O8. The fourth-order valence-corrected chi connectivity index (χ4v) is 6.64. The number of aliphatic hydroxyl groups is 5. The molecule has 2 aliphatic heterocycles. The molecule has 8 nitrogen and oxygen atoms in total. The lowest BCUT2D eigenvalue weighted by molar-refractivity contribution is -0.141. The van der Waals surface area contributed by atoms with Gasteiger partial charge < -0.3 is 35.0 Å². The van der Waals surface area contributed by atoms with Crippen LogP contribution in [0.2, 0.25) is 0 Å². The summed E-state index contributed by atoms with van der Waals surface area (Å²) in [6, 6.07) is 0. The standard InChI is InChI=1S/C13H24O4.C13H22O4/c2*1-2-3-8(14)4-5-9-10-6-13(16)17-12(10)7-11(9)15/h8-16H,2-7H2,1H3;8-12,14-15H,2-7H2,1H3/t8-,9+,10+,11+,12-,13?;8-,9+,10+,11+,12-/m00/s1. The monoisotopic (exact) mass is 486 g/mol. The first-order chi connectivity index (χ1) is 16.2. The number of aliphatic hydroxyl groups excluding tert-OH is 5. The van der Waals surface area contributed by atoms with Gasteiger partial charge >= 0.3 is 5.97 Å². The predicted molar refractivity (Wildman–Crippen MR) is 125 cm³/mol. The summed E-state index contributed by atoms with van der Waals surface area (Å²) >= 11 is 0. The van der Waals surface area contributed by atoms with Crippen molar-refractivity contribution in [1.82, 2.24) is 0 Å². The van der Waals surface area contributed by atoms with Crippen LogP contribution in [0.1, 0.15) is 90.9 Å². The second-order valence-electron chi connectivity index (χ2n) is 10.9. The van der Waals surface area contributed by atoms with Crippen LogP contribution in [0.25, 0.3) is 0 Å². The highest BCUT2D eigenvalue weighted by Gasteiger charge is 2.49. The van der Waals surface area contributed by atoms with Gasteiger partial charge in [-0.15, -0.1) is 0 Å². The molecule has 0 aromatic heterocycles. The Bertz CT molecular complexity index is 630. The molecule has 8 heteroatoms. The van der Waals surface area contributed by atoms with Crippen molar-refractivity contribution < 1.29 is 39.8 Å². The van der Waals surface area contributed by atoms with Crippen molar-refractivity contribution in [3.8, 4) is 0 Å². The van der Waals surface area contributed by atoms with E-state index in [-0.39, 0.29) is 66.3 Å². The van der Waals surface area contributed by atoms with Crippen LogP contribution in [0.15, 0.2) is 0 Å². The summed E-state index contributed by atoms with van der Waals surface area (Å²) in [5.74, 6) is 0.618. The van der Waals surface area contributed by atoms with E-state index in [2.05, 4.69) is 6.92 Å². The Balaban J connectivity index is 0.000000191. The molecule has 2 aliphatic carbocycles. The Labute approximate surface area is 203 Å². The van der Waals surface area contributed by atoms with E-state index >= 15 is 0 Å². The molecule has 2 heterocycles. The van der Waals surface area contributed by atoms with E-state index in [0.717, 1.165) is 44.9 Å². The van der Waals surface area contributed by atoms with E-state index in [4.69, 9.17) is 9.47 Å². The van der Waals surface area contributed by atoms with Gasteiger partial charge in [0, 0.05) is 25.2 Å². The normalized spacial score (nSPS) is 40.3. The van der Waals surface area contributed by atoms with Gasteiger partial charge in [-0.3, -0.25) is 4.79 Å². The highest BCUT2D eigenvalue weighted by Crippen LogP contribution is 2.45. The molecule has 0 spiro atoms. The zero-order valence-corrected chi connectivity index (χ0v) is 20.8. The van der Waals surface area contributed by atoms with Gasteiger partial charge in [0.1, 0.15) is 6.10 Å². The first kappa shape index (κ1) is 27.8. The van der Waals surface area contributed by atoms with Crippen LogP contribution in [-0.4, -0.2) is 74.4 Å². The lowest BCUT2D eigenvalue weighted by Crippen LogP contribution is -2.22. The molecule has 5 N–H and O–H groups in total. The Morgan fingerprint density at radius 2 is 1.32 bits per heavy atom. The van der Waals surface area contributed by atoms with E-state index in [1.54, 1.807) is 0 Å². The van der Waals surface area contributed by atoms with Gasteiger partial charge in [0.05, 0.1) is 36.9 Å². The number of carbonyl (C=O) groups excluding carboxylic acids is 1. The molecule has 11 atom stereocenters. The van der Waals surface area contributed by atoms with Crippen LogP contribution < -0.4 is 0 Å². The average Bonchev–Trinajstić information content (AvgIpc) is 3.45. The van der Waals surface area contributed by atoms with E-state index in [9.17, 15) is 30.3 Å². The third kappa shape index (κ3) is 7.14. The highest BCUT2D eigenvalue weighted by atomic mass is 16.6. The molecule has 0 radical (unpaired) electrons. The third-order valence-electron chi connectivity index (χ3n) is 8.39. The van der Waals surface area contributed by atoms with Gasteiger partial charge in [-0.2, -0.15) is 0 Å². The topological polar surface area (TPSA) is 137 Å². The van der Waals surface area contributed by atoms with Gasteiger partial charge in [0.2, 0.25) is 0 Å². The van der Waals surface area contributed by atoms with Crippen molar-refractivity contribution >= 4 is 5.97 Å². The van der Waals surface area contributed by atoms with E-state index in [0.29, 0.717) is 32.1 Å². The van der Waals surface area contributed by atoms with Crippen LogP contribution in [0.3, 0.4) is 0 Å². The van der Waals surface area contributed by atoms with Crippen LogP contribution in [0, 0.1) is 23.7 Å². The fraction of sp³-hybridized carbons (Fsp3) is 0.962. The van der Waals surface area contributed by atoms with Gasteiger partial charge in [-0.25, -0.2) is 0 Å². The number of carbonyl (C=O) groups is 1. The molecule has 0 aromatic rings. The summed E-state index contributed by atoms with van der Waals surface area (Å²) in [4.78, 5) is 11.2. The maximum absolute atomic E-state index is 11.2. The van der Waals surface area contributed by atoms with Gasteiger partial charge in [-0.05, 0) is 56.3 Å². The smallest absolute Gasteiger partial charge is 0.306 e. The second-order valence-corrected chi connectivity index (χ2v) is 10.9. The molecule has 1 unspecified atom stereocenters. The molecule has 0 bridgehead atoms. The molecule has 0 aromatic carbocycles. The van der Waals surface area contributed by atoms with Crippen molar-refractivity contribution in [3.05, 3.63) is 0 Å². The summed E-state index contributed by atoms with van der Waals surface area (Å²) in [6.45, 7) is 4.11. The zero-order chi connectivity index (χ0) is 24.8. The molecule has 0 amide bonds. The van der Waals surface area contributed by atoms with Gasteiger partial charge in [0.25, 0.3) is 0 Å². The van der Waals surface area contributed by atoms with Crippen molar-refractivity contribution in [1.29, 1.82) is 0 Å². The van der Waals surface area contributed by atoms with Gasteiger partial charge in [0.15, 0.2) is 6.29 Å². The van der Waals surface area contributed by atoms with Crippen LogP contribution in [0.5, 0.6) is 0 Å². The first-order valence-corrected chi connectivity index (χ1v) is 13.5. The van der Waals surface area contributed by atoms with Crippen molar-refractivity contribution in [2.24, 2.45) is 23.7 Å². The zero-order valence-electron chi connectivity index (χ0n) is 20.8. The van der Waals surface area contributed by atoms with Crippen molar-refractivity contribution in [2.45, 2.75) is 134 Å². The lowest BCUT2D eigenvalue weighted by Gasteiger charge is -2.21. The highest BCUT2D eigenvalue weighted by molar-refractivity contribution is 5.72. The summed E-state index contributed by atoms with van der Waals surface area (Å²) in [5, 5.41) is 48.8. The van der Waals surface area contributed by atoms with E-state index in [1.165, 1.54) is 0 Å². The summed E-state index contributed by atoms with van der Waals surface area (Å²) < 4.78 is 10.6. The van der Waals surface area contributed by atoms with Crippen LogP contribution in [-0.2, 0) is 14.3 Å². The van der Waals surface area contributed by atoms with Crippen LogP contribution >= 0.6 is 0 Å². The quantitative estimate of drug-likeness (QED) is 0.297. The molecule has 4 fully saturated rings. The number of ether oxygens (including phenoxy) is 2. The number of hydrogen-bond acceptors (Lipinski definition) is 8. The molecular weight excluding hydrogens is 440 g/mol. The number of fused-ring (bicyclic) bond motifs is 2. The molecule has 2 saturated heterocycles. The van der Waals surface area contributed by atoms with Gasteiger partial charge in [-0.1, -0.05) is 26.7 Å². The summed E-state index contributed by atoms with van der Waals surface area (Å²) in [6.07, 6.45) is 7.04. The summed E-state index contributed by atoms with van der Waals surface area (Å²) in [7, 11) is 0. The third-order valence-corrected chi connectivity index (χ3v) is 8.39. The molecule has 4 aliphatic rings. The molecule has 198 valence electrons. The molecule has 34 heavy (non-hydrogen) atoms. The predicted octanol–water partition coefficient (Wildman–Crippen LogP) is 2.27. The maximum Gasteiger partial charge on any atom is 0.306 e. The molecule has 2 saturated carbocycles. The SMILES string of the molecule is CCC[C@H](O)CC[C@@H]1[C@H]2CC(=O)O[C@H]2C[C@H]1O.CCC[C@H](O)CC[C@@H]1[C@H]2CC(O)O[C@H]2C[C@H]1O. The second kappa shape index (κ2) is 13.0. The van der Waals surface area contributed by atoms with Crippen molar-refractivity contribution in [3.63, 3.8) is 0 Å². The minimum absolute atomic E-state index is 0.0216. The Morgan fingerprint density at radius 3 is 1.88 bits per heavy atom. The number of esters is 1. The Kier molecular flexibility index (Phi) is 10.6. The number of rotatable bonds is 10. The Hall–Kier alpha value is -0.770. The minimum atomic E-state index is -0.652. The first-order valence-electron chi connectivity index (χ1n) is 13.5. The maximum atomic E-state index is 11.2. The largest absolute Gasteiger partial charge is 0.462 e. The molecule has 4 rings (SSSR count). The lowest BCUT2D eigenvalue weighted by atomic mass is 9.87. The van der Waals surface area contributed by atoms with Crippen LogP contribution in [0.4, 0.5) is 0 Å². The Morgan fingerprint density at radius 1 is 0.794 bits per heavy atom. The number of hydrogen-bond donors (Lipinski definition) is 5.